The summed E-state index contributed by atoms with van der Waals surface area (Å²) in [4.78, 5) is 20.9. The standard InChI is InChI=1S/C43H40N6O/c1-2-3-25-39-44-42(30-15-16-31-42)41(50)48(39)36-28-26-32(27-29-36)37-23-13-14-24-38(37)40-45-46-47-49(40)43(33-17-7-4-8-18-33,34-19-9-5-10-20-34)35-21-11-6-12-22-35/h4-14,17-24,26-29H,2-3,15-16,25,30-31H2,1H3. The van der Waals surface area contributed by atoms with Crippen LogP contribution in [0.4, 0.5) is 5.69 Å². The van der Waals surface area contributed by atoms with E-state index in [1.807, 2.05) is 39.9 Å². The van der Waals surface area contributed by atoms with Crippen molar-refractivity contribution in [2.75, 3.05) is 4.90 Å². The normalized spacial score (nSPS) is 15.5. The Bertz CT molecular complexity index is 2020. The van der Waals surface area contributed by atoms with Gasteiger partial charge < -0.3 is 0 Å². The minimum atomic E-state index is -0.861. The van der Waals surface area contributed by atoms with Gasteiger partial charge in [0, 0.05) is 12.0 Å². The van der Waals surface area contributed by atoms with E-state index in [1.54, 1.807) is 0 Å². The molecular weight excluding hydrogens is 617 g/mol. The smallest absolute Gasteiger partial charge is 0.260 e. The summed E-state index contributed by atoms with van der Waals surface area (Å²) in [5, 5.41) is 13.8. The number of rotatable bonds is 10. The van der Waals surface area contributed by atoms with Crippen molar-refractivity contribution in [3.63, 3.8) is 0 Å². The Morgan fingerprint density at radius 2 is 1.22 bits per heavy atom. The van der Waals surface area contributed by atoms with Gasteiger partial charge in [0.25, 0.3) is 5.91 Å². The monoisotopic (exact) mass is 656 g/mol. The predicted molar refractivity (Wildman–Crippen MR) is 199 cm³/mol. The van der Waals surface area contributed by atoms with E-state index in [0.717, 1.165) is 89.8 Å². The average molecular weight is 657 g/mol. The van der Waals surface area contributed by atoms with E-state index in [4.69, 9.17) is 15.3 Å². The molecule has 7 heteroatoms. The number of carbonyl (C=O) groups is 1. The first kappa shape index (κ1) is 31.6. The van der Waals surface area contributed by atoms with Gasteiger partial charge in [0.05, 0.1) is 5.69 Å². The maximum Gasteiger partial charge on any atom is 0.260 e. The number of amidine groups is 1. The molecule has 1 amide bonds. The minimum Gasteiger partial charge on any atom is -0.271 e. The number of tetrazole rings is 1. The quantitative estimate of drug-likeness (QED) is 0.138. The summed E-state index contributed by atoms with van der Waals surface area (Å²) in [5.74, 6) is 1.69. The zero-order valence-corrected chi connectivity index (χ0v) is 28.3. The average Bonchev–Trinajstić information content (AvgIpc) is 3.93. The lowest BCUT2D eigenvalue weighted by Crippen LogP contribution is -2.41. The van der Waals surface area contributed by atoms with Gasteiger partial charge in [-0.2, -0.15) is 0 Å². The van der Waals surface area contributed by atoms with E-state index in [2.05, 4.69) is 121 Å². The lowest BCUT2D eigenvalue weighted by Gasteiger charge is -2.36. The molecule has 5 aromatic carbocycles. The molecule has 0 bridgehead atoms. The summed E-state index contributed by atoms with van der Waals surface area (Å²) in [5.41, 5.74) is 5.49. The van der Waals surface area contributed by atoms with Crippen LogP contribution in [0.25, 0.3) is 22.5 Å². The fraction of sp³-hybridized carbons (Fsp3) is 0.233. The first-order valence-corrected chi connectivity index (χ1v) is 17.7. The first-order valence-electron chi connectivity index (χ1n) is 17.7. The number of aromatic nitrogens is 4. The van der Waals surface area contributed by atoms with Gasteiger partial charge in [0.15, 0.2) is 5.82 Å². The second kappa shape index (κ2) is 13.3. The highest BCUT2D eigenvalue weighted by Gasteiger charge is 2.50. The molecule has 50 heavy (non-hydrogen) atoms. The van der Waals surface area contributed by atoms with Gasteiger partial charge in [-0.1, -0.05) is 154 Å². The number of amides is 1. The van der Waals surface area contributed by atoms with Crippen LogP contribution in [0.15, 0.2) is 145 Å². The summed E-state index contributed by atoms with van der Waals surface area (Å²) in [6.07, 6.45) is 6.67. The van der Waals surface area contributed by atoms with E-state index in [-0.39, 0.29) is 5.91 Å². The van der Waals surface area contributed by atoms with E-state index < -0.39 is 11.1 Å². The Balaban J connectivity index is 1.24. The molecule has 1 aliphatic heterocycles. The van der Waals surface area contributed by atoms with Crippen LogP contribution in [-0.2, 0) is 10.3 Å². The Morgan fingerprint density at radius 1 is 0.680 bits per heavy atom. The Labute approximate surface area is 293 Å². The number of aliphatic imine (C=N–C) groups is 1. The summed E-state index contributed by atoms with van der Waals surface area (Å²) in [6.45, 7) is 2.18. The molecule has 0 radical (unpaired) electrons. The van der Waals surface area contributed by atoms with Crippen LogP contribution in [0.1, 0.15) is 68.6 Å². The molecule has 1 aliphatic carbocycles. The van der Waals surface area contributed by atoms with Crippen molar-refractivity contribution < 1.29 is 4.79 Å². The molecule has 0 N–H and O–H groups in total. The van der Waals surface area contributed by atoms with Crippen molar-refractivity contribution in [1.82, 2.24) is 20.2 Å². The van der Waals surface area contributed by atoms with Crippen LogP contribution in [0, 0.1) is 0 Å². The molecule has 1 spiro atoms. The van der Waals surface area contributed by atoms with E-state index in [0.29, 0.717) is 5.82 Å². The Hall–Kier alpha value is -5.69. The van der Waals surface area contributed by atoms with E-state index in [1.165, 1.54) is 0 Å². The van der Waals surface area contributed by atoms with Gasteiger partial charge in [-0.25, -0.2) is 4.68 Å². The Kier molecular flexibility index (Phi) is 8.41. The molecule has 248 valence electrons. The highest BCUT2D eigenvalue weighted by atomic mass is 16.2. The van der Waals surface area contributed by atoms with E-state index >= 15 is 0 Å². The van der Waals surface area contributed by atoms with Gasteiger partial charge in [0.1, 0.15) is 16.9 Å². The summed E-state index contributed by atoms with van der Waals surface area (Å²) < 4.78 is 1.97. The van der Waals surface area contributed by atoms with Gasteiger partial charge in [0.2, 0.25) is 0 Å². The molecule has 6 aromatic rings. The Morgan fingerprint density at radius 3 is 1.78 bits per heavy atom. The van der Waals surface area contributed by atoms with Gasteiger partial charge in [-0.05, 0) is 69.6 Å². The first-order chi connectivity index (χ1) is 24.7. The molecule has 8 rings (SSSR count). The van der Waals surface area contributed by atoms with Crippen molar-refractivity contribution >= 4 is 17.4 Å². The highest BCUT2D eigenvalue weighted by molar-refractivity contribution is 6.24. The number of unbranched alkanes of at least 4 members (excludes halogenated alkanes) is 1. The topological polar surface area (TPSA) is 76.3 Å². The van der Waals surface area contributed by atoms with Crippen LogP contribution >= 0.6 is 0 Å². The fourth-order valence-electron chi connectivity index (χ4n) is 7.93. The molecule has 2 aliphatic rings. The number of nitrogens with zero attached hydrogens (tertiary/aromatic N) is 6. The summed E-state index contributed by atoms with van der Waals surface area (Å²) >= 11 is 0. The number of benzene rings is 5. The van der Waals surface area contributed by atoms with Crippen molar-refractivity contribution in [2.24, 2.45) is 4.99 Å². The maximum atomic E-state index is 13.9. The third-order valence-corrected chi connectivity index (χ3v) is 10.4. The molecule has 0 unspecified atom stereocenters. The third-order valence-electron chi connectivity index (χ3n) is 10.4. The summed E-state index contributed by atoms with van der Waals surface area (Å²) in [7, 11) is 0. The number of hydrogen-bond acceptors (Lipinski definition) is 5. The van der Waals surface area contributed by atoms with Crippen LogP contribution in [0.5, 0.6) is 0 Å². The van der Waals surface area contributed by atoms with Crippen molar-refractivity contribution in [1.29, 1.82) is 0 Å². The molecular formula is C43H40N6O. The van der Waals surface area contributed by atoms with Gasteiger partial charge in [-0.3, -0.25) is 14.7 Å². The van der Waals surface area contributed by atoms with Crippen LogP contribution in [0.3, 0.4) is 0 Å². The second-order valence-electron chi connectivity index (χ2n) is 13.3. The van der Waals surface area contributed by atoms with Gasteiger partial charge in [-0.15, -0.1) is 5.10 Å². The van der Waals surface area contributed by atoms with Crippen LogP contribution in [-0.4, -0.2) is 37.5 Å². The molecule has 7 nitrogen and oxygen atoms in total. The third kappa shape index (κ3) is 5.25. The predicted octanol–water partition coefficient (Wildman–Crippen LogP) is 9.10. The lowest BCUT2D eigenvalue weighted by atomic mass is 9.77. The summed E-state index contributed by atoms with van der Waals surface area (Å²) in [6, 6.07) is 47.9. The highest BCUT2D eigenvalue weighted by Crippen LogP contribution is 2.44. The van der Waals surface area contributed by atoms with Crippen molar-refractivity contribution in [3.8, 4) is 22.5 Å². The fourth-order valence-corrected chi connectivity index (χ4v) is 7.93. The SMILES string of the molecule is CCCCC1=NC2(CCCC2)C(=O)N1c1ccc(-c2ccccc2-c2nnnn2C(c2ccccc2)(c2ccccc2)c2ccccc2)cc1. The molecule has 1 fully saturated rings. The number of carbonyl (C=O) groups excluding carboxylic acids is 1. The number of hydrogen-bond donors (Lipinski definition) is 0. The number of anilines is 1. The largest absolute Gasteiger partial charge is 0.271 e. The lowest BCUT2D eigenvalue weighted by molar-refractivity contribution is -0.121. The molecule has 1 saturated carbocycles. The second-order valence-corrected chi connectivity index (χ2v) is 13.3. The molecule has 1 aromatic heterocycles. The molecule has 0 saturated heterocycles. The van der Waals surface area contributed by atoms with Crippen molar-refractivity contribution in [2.45, 2.75) is 62.9 Å². The molecule has 2 heterocycles. The van der Waals surface area contributed by atoms with Crippen molar-refractivity contribution in [3.05, 3.63) is 156 Å². The minimum absolute atomic E-state index is 0.132. The zero-order chi connectivity index (χ0) is 34.0. The van der Waals surface area contributed by atoms with Gasteiger partial charge >= 0.3 is 0 Å². The van der Waals surface area contributed by atoms with E-state index in [9.17, 15) is 4.79 Å². The van der Waals surface area contributed by atoms with Crippen LogP contribution < -0.4 is 4.90 Å². The zero-order valence-electron chi connectivity index (χ0n) is 28.3. The maximum absolute atomic E-state index is 13.9. The van der Waals surface area contributed by atoms with Crippen LogP contribution in [0.2, 0.25) is 0 Å². The molecule has 0 atom stereocenters.